The number of rotatable bonds is 7. The number of carbonyl (C=O) groups excluding carboxylic acids is 1. The van der Waals surface area contributed by atoms with Crippen LogP contribution in [0.3, 0.4) is 0 Å². The molecule has 7 heteroatoms. The molecule has 0 aliphatic heterocycles. The zero-order valence-corrected chi connectivity index (χ0v) is 18.2. The van der Waals surface area contributed by atoms with E-state index in [2.05, 4.69) is 5.32 Å². The first-order valence-electron chi connectivity index (χ1n) is 9.65. The Balaban J connectivity index is 1.77. The summed E-state index contributed by atoms with van der Waals surface area (Å²) in [5.74, 6) is -0.0259. The molecule has 0 aromatic heterocycles. The fourth-order valence-electron chi connectivity index (χ4n) is 2.93. The topological polar surface area (TPSA) is 71.3 Å². The van der Waals surface area contributed by atoms with Crippen LogP contribution < -0.4 is 14.8 Å². The maximum atomic E-state index is 13.3. The van der Waals surface area contributed by atoms with Gasteiger partial charge in [-0.1, -0.05) is 35.9 Å². The van der Waals surface area contributed by atoms with Crippen LogP contribution in [-0.2, 0) is 11.4 Å². The molecule has 0 unspecified atom stereocenters. The molecule has 0 saturated carbocycles. The number of methoxy groups -OCH3 is 1. The molecule has 0 bridgehead atoms. The smallest absolute Gasteiger partial charge is 0.266 e. The number of benzene rings is 3. The van der Waals surface area contributed by atoms with E-state index in [9.17, 15) is 14.4 Å². The third-order valence-corrected chi connectivity index (χ3v) is 5.07. The van der Waals surface area contributed by atoms with Crippen LogP contribution in [-0.4, -0.2) is 13.0 Å². The monoisotopic (exact) mass is 450 g/mol. The van der Waals surface area contributed by atoms with Gasteiger partial charge in [0.05, 0.1) is 7.11 Å². The van der Waals surface area contributed by atoms with E-state index in [-0.39, 0.29) is 18.0 Å². The summed E-state index contributed by atoms with van der Waals surface area (Å²) in [5, 5.41) is 12.7. The van der Waals surface area contributed by atoms with Gasteiger partial charge < -0.3 is 14.8 Å². The van der Waals surface area contributed by atoms with Gasteiger partial charge in [-0.05, 0) is 66.1 Å². The summed E-state index contributed by atoms with van der Waals surface area (Å²) >= 11 is 6.09. The van der Waals surface area contributed by atoms with Crippen LogP contribution in [0.15, 0.2) is 66.2 Å². The van der Waals surface area contributed by atoms with E-state index in [1.807, 2.05) is 6.07 Å². The maximum Gasteiger partial charge on any atom is 0.266 e. The summed E-state index contributed by atoms with van der Waals surface area (Å²) < 4.78 is 24.4. The molecule has 0 aliphatic rings. The molecular formula is C25H20ClFN2O3. The Morgan fingerprint density at radius 1 is 1.16 bits per heavy atom. The molecule has 3 aromatic carbocycles. The van der Waals surface area contributed by atoms with Gasteiger partial charge in [0.25, 0.3) is 5.91 Å². The van der Waals surface area contributed by atoms with Crippen molar-refractivity contribution in [2.75, 3.05) is 12.4 Å². The van der Waals surface area contributed by atoms with Crippen LogP contribution in [0.5, 0.6) is 11.5 Å². The number of anilines is 1. The third-order valence-electron chi connectivity index (χ3n) is 4.66. The fraction of sp³-hybridized carbons (Fsp3) is 0.120. The summed E-state index contributed by atoms with van der Waals surface area (Å²) in [6, 6.07) is 18.2. The van der Waals surface area contributed by atoms with Gasteiger partial charge in [0.15, 0.2) is 11.5 Å². The van der Waals surface area contributed by atoms with Gasteiger partial charge in [-0.3, -0.25) is 4.79 Å². The number of nitriles is 1. The normalized spacial score (nSPS) is 10.9. The lowest BCUT2D eigenvalue weighted by Crippen LogP contribution is -2.14. The van der Waals surface area contributed by atoms with Gasteiger partial charge >= 0.3 is 0 Å². The Morgan fingerprint density at radius 2 is 1.94 bits per heavy atom. The van der Waals surface area contributed by atoms with Crippen molar-refractivity contribution < 1.29 is 18.7 Å². The Hall–Kier alpha value is -3.82. The highest BCUT2D eigenvalue weighted by molar-refractivity contribution is 6.31. The van der Waals surface area contributed by atoms with Crippen LogP contribution in [0.2, 0.25) is 5.02 Å². The Labute approximate surface area is 190 Å². The minimum atomic E-state index is -0.553. The van der Waals surface area contributed by atoms with Gasteiger partial charge in [0, 0.05) is 10.7 Å². The molecule has 0 saturated heterocycles. The molecule has 5 nitrogen and oxygen atoms in total. The lowest BCUT2D eigenvalue weighted by Gasteiger charge is -2.12. The van der Waals surface area contributed by atoms with Crippen molar-refractivity contribution in [1.29, 1.82) is 5.26 Å². The van der Waals surface area contributed by atoms with Gasteiger partial charge in [-0.2, -0.15) is 5.26 Å². The van der Waals surface area contributed by atoms with Crippen molar-refractivity contribution >= 4 is 29.3 Å². The van der Waals surface area contributed by atoms with E-state index in [1.54, 1.807) is 55.5 Å². The van der Waals surface area contributed by atoms with Crippen molar-refractivity contribution in [3.8, 4) is 17.6 Å². The Kier molecular flexibility index (Phi) is 7.48. The summed E-state index contributed by atoms with van der Waals surface area (Å²) in [5.41, 5.74) is 2.41. The van der Waals surface area contributed by atoms with Crippen LogP contribution in [0.4, 0.5) is 10.1 Å². The van der Waals surface area contributed by atoms with E-state index in [4.69, 9.17) is 21.1 Å². The molecule has 162 valence electrons. The van der Waals surface area contributed by atoms with Gasteiger partial charge in [-0.25, -0.2) is 4.39 Å². The zero-order chi connectivity index (χ0) is 23.1. The van der Waals surface area contributed by atoms with Crippen molar-refractivity contribution in [2.24, 2.45) is 0 Å². The quantitative estimate of drug-likeness (QED) is 0.358. The molecule has 0 spiro atoms. The lowest BCUT2D eigenvalue weighted by molar-refractivity contribution is -0.112. The van der Waals surface area contributed by atoms with Gasteiger partial charge in [-0.15, -0.1) is 0 Å². The lowest BCUT2D eigenvalue weighted by atomic mass is 10.1. The summed E-state index contributed by atoms with van der Waals surface area (Å²) in [6.07, 6.45) is 1.45. The van der Waals surface area contributed by atoms with Crippen molar-refractivity contribution in [3.05, 3.63) is 93.8 Å². The third kappa shape index (κ3) is 5.65. The second kappa shape index (κ2) is 10.5. The standard InChI is InChI=1S/C25H20ClFN2O3/c1-16-21(26)7-4-8-22(16)29-25(30)19(14-28)11-17-9-10-23(24(13-17)31-2)32-15-18-5-3-6-20(27)12-18/h3-13H,15H2,1-2H3,(H,29,30)/b19-11+. The van der Waals surface area contributed by atoms with Crippen LogP contribution in [0, 0.1) is 24.1 Å². The largest absolute Gasteiger partial charge is 0.493 e. The van der Waals surface area contributed by atoms with E-state index in [0.29, 0.717) is 38.9 Å². The van der Waals surface area contributed by atoms with Gasteiger partial charge in [0.2, 0.25) is 0 Å². The molecule has 3 rings (SSSR count). The number of hydrogen-bond donors (Lipinski definition) is 1. The van der Waals surface area contributed by atoms with Gasteiger partial charge in [0.1, 0.15) is 24.1 Å². The molecule has 0 aliphatic carbocycles. The molecular weight excluding hydrogens is 431 g/mol. The molecule has 0 heterocycles. The van der Waals surface area contributed by atoms with Crippen LogP contribution in [0.25, 0.3) is 6.08 Å². The highest BCUT2D eigenvalue weighted by atomic mass is 35.5. The van der Waals surface area contributed by atoms with Crippen LogP contribution >= 0.6 is 11.6 Å². The molecule has 0 atom stereocenters. The first-order valence-corrected chi connectivity index (χ1v) is 10.0. The molecule has 32 heavy (non-hydrogen) atoms. The summed E-state index contributed by atoms with van der Waals surface area (Å²) in [4.78, 5) is 12.6. The molecule has 0 fully saturated rings. The summed E-state index contributed by atoms with van der Waals surface area (Å²) in [6.45, 7) is 1.94. The fourth-order valence-corrected chi connectivity index (χ4v) is 3.10. The predicted octanol–water partition coefficient (Wildman–Crippen LogP) is 5.92. The van der Waals surface area contributed by atoms with E-state index in [0.717, 1.165) is 0 Å². The van der Waals surface area contributed by atoms with Crippen molar-refractivity contribution in [1.82, 2.24) is 0 Å². The van der Waals surface area contributed by atoms with E-state index < -0.39 is 5.91 Å². The molecule has 1 N–H and O–H groups in total. The molecule has 3 aromatic rings. The number of hydrogen-bond acceptors (Lipinski definition) is 4. The minimum Gasteiger partial charge on any atom is -0.493 e. The average Bonchev–Trinajstić information content (AvgIpc) is 2.79. The molecule has 0 radical (unpaired) electrons. The number of ether oxygens (including phenoxy) is 2. The number of carbonyl (C=O) groups is 1. The first kappa shape index (κ1) is 22.9. The van der Waals surface area contributed by atoms with E-state index >= 15 is 0 Å². The average molecular weight is 451 g/mol. The summed E-state index contributed by atoms with van der Waals surface area (Å²) in [7, 11) is 1.48. The number of nitrogens with one attached hydrogen (secondary N) is 1. The second-order valence-corrected chi connectivity index (χ2v) is 7.27. The van der Waals surface area contributed by atoms with E-state index in [1.165, 1.54) is 25.3 Å². The predicted molar refractivity (Wildman–Crippen MR) is 122 cm³/mol. The highest BCUT2D eigenvalue weighted by Gasteiger charge is 2.13. The van der Waals surface area contributed by atoms with Crippen molar-refractivity contribution in [2.45, 2.75) is 13.5 Å². The first-order chi connectivity index (χ1) is 15.4. The minimum absolute atomic E-state index is 0.0835. The number of halogens is 2. The maximum absolute atomic E-state index is 13.3. The highest BCUT2D eigenvalue weighted by Crippen LogP contribution is 2.30. The zero-order valence-electron chi connectivity index (χ0n) is 17.5. The number of amides is 1. The molecule has 1 amide bonds. The number of nitrogens with zero attached hydrogens (tertiary/aromatic N) is 1. The Bertz CT molecular complexity index is 1220. The van der Waals surface area contributed by atoms with Crippen molar-refractivity contribution in [3.63, 3.8) is 0 Å². The van der Waals surface area contributed by atoms with Crippen LogP contribution in [0.1, 0.15) is 16.7 Å². The Morgan fingerprint density at radius 3 is 2.66 bits per heavy atom. The SMILES string of the molecule is COc1cc(/C=C(\C#N)C(=O)Nc2cccc(Cl)c2C)ccc1OCc1cccc(F)c1. The second-order valence-electron chi connectivity index (χ2n) is 6.87.